The summed E-state index contributed by atoms with van der Waals surface area (Å²) in [6.45, 7) is 1.93. The van der Waals surface area contributed by atoms with E-state index in [1.807, 2.05) is 25.1 Å². The zero-order valence-electron chi connectivity index (χ0n) is 8.12. The molecule has 0 aliphatic rings. The SMILES string of the molecule is Cc1cc(-c2ncc(C=O)[nH]2)ccc1Cl. The van der Waals surface area contributed by atoms with Gasteiger partial charge in [0.15, 0.2) is 6.29 Å². The number of hydrogen-bond acceptors (Lipinski definition) is 2. The number of benzene rings is 1. The molecule has 0 fully saturated rings. The molecule has 1 N–H and O–H groups in total. The van der Waals surface area contributed by atoms with Crippen LogP contribution in [0.3, 0.4) is 0 Å². The van der Waals surface area contributed by atoms with E-state index in [1.165, 1.54) is 6.20 Å². The van der Waals surface area contributed by atoms with Crippen LogP contribution in [0.1, 0.15) is 16.1 Å². The van der Waals surface area contributed by atoms with Crippen molar-refractivity contribution < 1.29 is 4.79 Å². The highest BCUT2D eigenvalue weighted by atomic mass is 35.5. The Balaban J connectivity index is 2.44. The number of nitrogens with zero attached hydrogens (tertiary/aromatic N) is 1. The van der Waals surface area contributed by atoms with Crippen molar-refractivity contribution in [1.82, 2.24) is 9.97 Å². The summed E-state index contributed by atoms with van der Waals surface area (Å²) >= 11 is 5.91. The third kappa shape index (κ3) is 1.92. The number of imidazole rings is 1. The molecule has 1 heterocycles. The van der Waals surface area contributed by atoms with Gasteiger partial charge in [-0.05, 0) is 30.7 Å². The molecule has 76 valence electrons. The van der Waals surface area contributed by atoms with Crippen molar-refractivity contribution in [3.8, 4) is 11.4 Å². The molecular weight excluding hydrogens is 212 g/mol. The van der Waals surface area contributed by atoms with Gasteiger partial charge in [0.2, 0.25) is 0 Å². The van der Waals surface area contributed by atoms with Gasteiger partial charge in [0, 0.05) is 10.6 Å². The Labute approximate surface area is 92.1 Å². The van der Waals surface area contributed by atoms with Gasteiger partial charge in [-0.15, -0.1) is 0 Å². The first-order chi connectivity index (χ1) is 7.20. The summed E-state index contributed by atoms with van der Waals surface area (Å²) in [6.07, 6.45) is 2.24. The predicted octanol–water partition coefficient (Wildman–Crippen LogP) is 2.85. The highest BCUT2D eigenvalue weighted by Gasteiger charge is 2.04. The van der Waals surface area contributed by atoms with Gasteiger partial charge in [0.25, 0.3) is 0 Å². The predicted molar refractivity (Wildman–Crippen MR) is 59.2 cm³/mol. The summed E-state index contributed by atoms with van der Waals surface area (Å²) in [7, 11) is 0. The Kier molecular flexibility index (Phi) is 2.56. The maximum atomic E-state index is 10.5. The summed E-state index contributed by atoms with van der Waals surface area (Å²) in [5.41, 5.74) is 2.38. The molecule has 4 heteroatoms. The van der Waals surface area contributed by atoms with E-state index < -0.39 is 0 Å². The van der Waals surface area contributed by atoms with Crippen LogP contribution in [0.15, 0.2) is 24.4 Å². The fourth-order valence-electron chi connectivity index (χ4n) is 1.33. The molecule has 2 aromatic rings. The molecule has 0 radical (unpaired) electrons. The Morgan fingerprint density at radius 3 is 2.87 bits per heavy atom. The molecule has 0 unspecified atom stereocenters. The van der Waals surface area contributed by atoms with Gasteiger partial charge < -0.3 is 4.98 Å². The van der Waals surface area contributed by atoms with Gasteiger partial charge in [-0.25, -0.2) is 4.98 Å². The standard InChI is InChI=1S/C11H9ClN2O/c1-7-4-8(2-3-10(7)12)11-13-5-9(6-15)14-11/h2-6H,1H3,(H,13,14). The molecule has 0 bridgehead atoms. The van der Waals surface area contributed by atoms with Crippen LogP contribution in [0.4, 0.5) is 0 Å². The van der Waals surface area contributed by atoms with E-state index in [9.17, 15) is 4.79 Å². The van der Waals surface area contributed by atoms with Crippen LogP contribution in [0, 0.1) is 6.92 Å². The van der Waals surface area contributed by atoms with Gasteiger partial charge in [0.05, 0.1) is 11.9 Å². The topological polar surface area (TPSA) is 45.8 Å². The average molecular weight is 221 g/mol. The highest BCUT2D eigenvalue weighted by Crippen LogP contribution is 2.22. The van der Waals surface area contributed by atoms with Gasteiger partial charge in [-0.3, -0.25) is 4.79 Å². The summed E-state index contributed by atoms with van der Waals surface area (Å²) < 4.78 is 0. The minimum absolute atomic E-state index is 0.470. The molecule has 1 aromatic heterocycles. The number of aldehydes is 1. The van der Waals surface area contributed by atoms with E-state index in [0.29, 0.717) is 11.5 Å². The number of carbonyl (C=O) groups is 1. The molecule has 0 saturated heterocycles. The minimum atomic E-state index is 0.470. The third-order valence-electron chi connectivity index (χ3n) is 2.15. The number of nitrogens with one attached hydrogen (secondary N) is 1. The maximum Gasteiger partial charge on any atom is 0.167 e. The summed E-state index contributed by atoms with van der Waals surface area (Å²) in [5, 5.41) is 0.723. The number of aromatic amines is 1. The molecule has 2 rings (SSSR count). The second kappa shape index (κ2) is 3.87. The van der Waals surface area contributed by atoms with E-state index in [2.05, 4.69) is 9.97 Å². The lowest BCUT2D eigenvalue weighted by atomic mass is 10.1. The second-order valence-electron chi connectivity index (χ2n) is 3.27. The summed E-state index contributed by atoms with van der Waals surface area (Å²) in [4.78, 5) is 17.5. The molecule has 1 aromatic carbocycles. The first-order valence-corrected chi connectivity index (χ1v) is 4.85. The average Bonchev–Trinajstić information content (AvgIpc) is 2.70. The fourth-order valence-corrected chi connectivity index (χ4v) is 1.45. The van der Waals surface area contributed by atoms with Crippen molar-refractivity contribution in [2.75, 3.05) is 0 Å². The van der Waals surface area contributed by atoms with Crippen LogP contribution in [0.5, 0.6) is 0 Å². The smallest absolute Gasteiger partial charge is 0.167 e. The number of H-pyrrole nitrogens is 1. The third-order valence-corrected chi connectivity index (χ3v) is 2.58. The number of hydrogen-bond donors (Lipinski definition) is 1. The highest BCUT2D eigenvalue weighted by molar-refractivity contribution is 6.31. The number of halogens is 1. The first-order valence-electron chi connectivity index (χ1n) is 4.47. The zero-order chi connectivity index (χ0) is 10.8. The number of rotatable bonds is 2. The zero-order valence-corrected chi connectivity index (χ0v) is 8.88. The Hall–Kier alpha value is -1.61. The van der Waals surface area contributed by atoms with Crippen LogP contribution in [0.2, 0.25) is 5.02 Å². The van der Waals surface area contributed by atoms with Gasteiger partial charge >= 0.3 is 0 Å². The molecule has 15 heavy (non-hydrogen) atoms. The van der Waals surface area contributed by atoms with E-state index >= 15 is 0 Å². The summed E-state index contributed by atoms with van der Waals surface area (Å²) in [6, 6.07) is 5.60. The molecule has 0 aliphatic heterocycles. The van der Waals surface area contributed by atoms with Crippen molar-refractivity contribution >= 4 is 17.9 Å². The minimum Gasteiger partial charge on any atom is -0.336 e. The normalized spacial score (nSPS) is 10.3. The van der Waals surface area contributed by atoms with Crippen molar-refractivity contribution in [3.63, 3.8) is 0 Å². The molecule has 0 atom stereocenters. The van der Waals surface area contributed by atoms with Crippen molar-refractivity contribution in [2.45, 2.75) is 6.92 Å². The van der Waals surface area contributed by atoms with Gasteiger partial charge in [-0.2, -0.15) is 0 Å². The van der Waals surface area contributed by atoms with E-state index in [0.717, 1.165) is 22.4 Å². The van der Waals surface area contributed by atoms with Crippen LogP contribution < -0.4 is 0 Å². The monoisotopic (exact) mass is 220 g/mol. The summed E-state index contributed by atoms with van der Waals surface area (Å²) in [5.74, 6) is 0.678. The van der Waals surface area contributed by atoms with Crippen molar-refractivity contribution in [3.05, 3.63) is 40.7 Å². The quantitative estimate of drug-likeness (QED) is 0.791. The van der Waals surface area contributed by atoms with Crippen LogP contribution >= 0.6 is 11.6 Å². The van der Waals surface area contributed by atoms with E-state index in [4.69, 9.17) is 11.6 Å². The Morgan fingerprint density at radius 1 is 1.47 bits per heavy atom. The Bertz CT molecular complexity index is 505. The lowest BCUT2D eigenvalue weighted by Gasteiger charge is -2.00. The largest absolute Gasteiger partial charge is 0.336 e. The van der Waals surface area contributed by atoms with Gasteiger partial charge in [-0.1, -0.05) is 11.6 Å². The fraction of sp³-hybridized carbons (Fsp3) is 0.0909. The molecular formula is C11H9ClN2O. The lowest BCUT2D eigenvalue weighted by Crippen LogP contribution is -1.84. The maximum absolute atomic E-state index is 10.5. The molecule has 0 spiro atoms. The van der Waals surface area contributed by atoms with E-state index in [1.54, 1.807) is 0 Å². The van der Waals surface area contributed by atoms with Gasteiger partial charge in [0.1, 0.15) is 5.82 Å². The van der Waals surface area contributed by atoms with Crippen LogP contribution in [-0.2, 0) is 0 Å². The second-order valence-corrected chi connectivity index (χ2v) is 3.68. The molecule has 3 nitrogen and oxygen atoms in total. The lowest BCUT2D eigenvalue weighted by molar-refractivity contribution is 0.111. The first kappa shape index (κ1) is 9.93. The number of carbonyl (C=O) groups excluding carboxylic acids is 1. The molecule has 0 amide bonds. The molecule has 0 aliphatic carbocycles. The Morgan fingerprint density at radius 2 is 2.27 bits per heavy atom. The van der Waals surface area contributed by atoms with Crippen molar-refractivity contribution in [2.24, 2.45) is 0 Å². The van der Waals surface area contributed by atoms with Crippen molar-refractivity contribution in [1.29, 1.82) is 0 Å². The molecule has 0 saturated carbocycles. The van der Waals surface area contributed by atoms with E-state index in [-0.39, 0.29) is 0 Å². The van der Waals surface area contributed by atoms with Crippen LogP contribution in [0.25, 0.3) is 11.4 Å². The number of aryl methyl sites for hydroxylation is 1. The number of aromatic nitrogens is 2. The van der Waals surface area contributed by atoms with Crippen LogP contribution in [-0.4, -0.2) is 16.3 Å².